The predicted octanol–water partition coefficient (Wildman–Crippen LogP) is 4.90. The average molecular weight is 357 g/mol. The van der Waals surface area contributed by atoms with Gasteiger partial charge in [-0.15, -0.1) is 0 Å². The lowest BCUT2D eigenvalue weighted by Gasteiger charge is -2.09. The van der Waals surface area contributed by atoms with Crippen LogP contribution in [0.3, 0.4) is 0 Å². The van der Waals surface area contributed by atoms with Crippen molar-refractivity contribution in [1.29, 1.82) is 0 Å². The molecular weight excluding hydrogens is 346 g/mol. The zero-order valence-electron chi connectivity index (χ0n) is 10.6. The highest BCUT2D eigenvalue weighted by atomic mass is 79.9. The lowest BCUT2D eigenvalue weighted by atomic mass is 10.2. The first kappa shape index (κ1) is 14.8. The molecule has 2 aromatic rings. The molecule has 6 heteroatoms. The molecule has 0 unspecified atom stereocenters. The monoisotopic (exact) mass is 355 g/mol. The van der Waals surface area contributed by atoms with Crippen molar-refractivity contribution in [3.63, 3.8) is 0 Å². The SMILES string of the molecule is Cc1cc(OCc2c(Cl)cccc2[N+](=O)[O-])ccc1Br. The Morgan fingerprint density at radius 2 is 2.10 bits per heavy atom. The van der Waals surface area contributed by atoms with E-state index < -0.39 is 4.92 Å². The van der Waals surface area contributed by atoms with Gasteiger partial charge in [-0.3, -0.25) is 10.1 Å². The van der Waals surface area contributed by atoms with Crippen LogP contribution in [0.5, 0.6) is 5.75 Å². The van der Waals surface area contributed by atoms with Crippen molar-refractivity contribution >= 4 is 33.2 Å². The first-order valence-corrected chi connectivity index (χ1v) is 6.97. The van der Waals surface area contributed by atoms with Crippen LogP contribution in [0.2, 0.25) is 5.02 Å². The molecule has 0 saturated carbocycles. The van der Waals surface area contributed by atoms with Crippen LogP contribution in [0.1, 0.15) is 11.1 Å². The van der Waals surface area contributed by atoms with Crippen molar-refractivity contribution in [3.8, 4) is 5.75 Å². The van der Waals surface area contributed by atoms with Crippen molar-refractivity contribution in [2.24, 2.45) is 0 Å². The molecular formula is C14H11BrClNO3. The maximum absolute atomic E-state index is 11.0. The van der Waals surface area contributed by atoms with Gasteiger partial charge >= 0.3 is 0 Å². The minimum Gasteiger partial charge on any atom is -0.489 e. The van der Waals surface area contributed by atoms with Crippen LogP contribution in [0.25, 0.3) is 0 Å². The van der Waals surface area contributed by atoms with Gasteiger partial charge in [0.15, 0.2) is 0 Å². The highest BCUT2D eigenvalue weighted by Crippen LogP contribution is 2.28. The molecule has 0 aliphatic heterocycles. The molecule has 0 aromatic heterocycles. The van der Waals surface area contributed by atoms with Gasteiger partial charge in [0, 0.05) is 10.5 Å². The predicted molar refractivity (Wildman–Crippen MR) is 81.3 cm³/mol. The van der Waals surface area contributed by atoms with Gasteiger partial charge < -0.3 is 4.74 Å². The Morgan fingerprint density at radius 3 is 2.75 bits per heavy atom. The molecule has 20 heavy (non-hydrogen) atoms. The number of nitro groups is 1. The quantitative estimate of drug-likeness (QED) is 0.578. The van der Waals surface area contributed by atoms with E-state index in [0.29, 0.717) is 16.3 Å². The number of halogens is 2. The Bertz CT molecular complexity index is 661. The standard InChI is InChI=1S/C14H11BrClNO3/c1-9-7-10(5-6-12(9)15)20-8-11-13(16)3-2-4-14(11)17(18)19/h2-7H,8H2,1H3. The summed E-state index contributed by atoms with van der Waals surface area (Å²) in [6.07, 6.45) is 0. The van der Waals surface area contributed by atoms with Gasteiger partial charge in [0.05, 0.1) is 15.5 Å². The number of benzene rings is 2. The third-order valence-corrected chi connectivity index (χ3v) is 4.05. The topological polar surface area (TPSA) is 52.4 Å². The molecule has 0 amide bonds. The first-order valence-electron chi connectivity index (χ1n) is 5.80. The van der Waals surface area contributed by atoms with Gasteiger partial charge in [-0.25, -0.2) is 0 Å². The average Bonchev–Trinajstić information content (AvgIpc) is 2.40. The number of ether oxygens (including phenoxy) is 1. The fourth-order valence-electron chi connectivity index (χ4n) is 1.72. The maximum Gasteiger partial charge on any atom is 0.277 e. The van der Waals surface area contributed by atoms with E-state index in [1.807, 2.05) is 19.1 Å². The molecule has 0 aliphatic carbocycles. The van der Waals surface area contributed by atoms with Gasteiger partial charge in [0.2, 0.25) is 0 Å². The summed E-state index contributed by atoms with van der Waals surface area (Å²) in [7, 11) is 0. The highest BCUT2D eigenvalue weighted by Gasteiger charge is 2.17. The molecule has 4 nitrogen and oxygen atoms in total. The van der Waals surface area contributed by atoms with E-state index in [0.717, 1.165) is 10.0 Å². The van der Waals surface area contributed by atoms with Gasteiger partial charge in [-0.1, -0.05) is 33.6 Å². The molecule has 104 valence electrons. The van der Waals surface area contributed by atoms with Crippen molar-refractivity contribution in [2.45, 2.75) is 13.5 Å². The molecule has 0 fully saturated rings. The molecule has 0 radical (unpaired) electrons. The summed E-state index contributed by atoms with van der Waals surface area (Å²) < 4.78 is 6.57. The minimum atomic E-state index is -0.461. The number of hydrogen-bond acceptors (Lipinski definition) is 3. The lowest BCUT2D eigenvalue weighted by Crippen LogP contribution is -2.01. The van der Waals surface area contributed by atoms with Crippen LogP contribution in [0, 0.1) is 17.0 Å². The number of nitro benzene ring substituents is 1. The highest BCUT2D eigenvalue weighted by molar-refractivity contribution is 9.10. The van der Waals surface area contributed by atoms with Crippen molar-refractivity contribution in [2.75, 3.05) is 0 Å². The smallest absolute Gasteiger partial charge is 0.277 e. The molecule has 0 N–H and O–H groups in total. The van der Waals surface area contributed by atoms with E-state index in [9.17, 15) is 10.1 Å². The minimum absolute atomic E-state index is 0.0358. The Labute approximate surface area is 129 Å². The molecule has 0 bridgehead atoms. The zero-order valence-corrected chi connectivity index (χ0v) is 12.9. The summed E-state index contributed by atoms with van der Waals surface area (Å²) in [6, 6.07) is 10.1. The van der Waals surface area contributed by atoms with Crippen LogP contribution in [-0.2, 0) is 6.61 Å². The third kappa shape index (κ3) is 3.29. The number of aryl methyl sites for hydroxylation is 1. The molecule has 0 spiro atoms. The van der Waals surface area contributed by atoms with Crippen LogP contribution in [0.15, 0.2) is 40.9 Å². The molecule has 2 rings (SSSR count). The van der Waals surface area contributed by atoms with E-state index >= 15 is 0 Å². The summed E-state index contributed by atoms with van der Waals surface area (Å²) in [5.41, 5.74) is 1.36. The summed E-state index contributed by atoms with van der Waals surface area (Å²) >= 11 is 9.41. The fourth-order valence-corrected chi connectivity index (χ4v) is 2.19. The maximum atomic E-state index is 11.0. The summed E-state index contributed by atoms with van der Waals surface area (Å²) in [4.78, 5) is 10.5. The second-order valence-corrected chi connectivity index (χ2v) is 5.46. The van der Waals surface area contributed by atoms with E-state index in [2.05, 4.69) is 15.9 Å². The second-order valence-electron chi connectivity index (χ2n) is 4.19. The number of nitrogens with zero attached hydrogens (tertiary/aromatic N) is 1. The summed E-state index contributed by atoms with van der Waals surface area (Å²) in [5, 5.41) is 11.3. The Balaban J connectivity index is 2.22. The van der Waals surface area contributed by atoms with Crippen molar-refractivity contribution in [1.82, 2.24) is 0 Å². The first-order chi connectivity index (χ1) is 9.49. The second kappa shape index (κ2) is 6.24. The number of rotatable bonds is 4. The van der Waals surface area contributed by atoms with Crippen LogP contribution < -0.4 is 4.74 Å². The molecule has 0 heterocycles. The van der Waals surface area contributed by atoms with Gasteiger partial charge in [-0.05, 0) is 36.8 Å². The Hall–Kier alpha value is -1.59. The Morgan fingerprint density at radius 1 is 1.35 bits per heavy atom. The van der Waals surface area contributed by atoms with Gasteiger partial charge in [0.25, 0.3) is 5.69 Å². The van der Waals surface area contributed by atoms with Crippen molar-refractivity contribution in [3.05, 3.63) is 67.1 Å². The van der Waals surface area contributed by atoms with E-state index in [1.54, 1.807) is 18.2 Å². The Kier molecular flexibility index (Phi) is 4.62. The van der Waals surface area contributed by atoms with Crippen LogP contribution >= 0.6 is 27.5 Å². The molecule has 0 saturated heterocycles. The van der Waals surface area contributed by atoms with E-state index in [4.69, 9.17) is 16.3 Å². The third-order valence-electron chi connectivity index (χ3n) is 2.80. The van der Waals surface area contributed by atoms with Gasteiger partial charge in [-0.2, -0.15) is 0 Å². The van der Waals surface area contributed by atoms with Gasteiger partial charge in [0.1, 0.15) is 12.4 Å². The van der Waals surface area contributed by atoms with Crippen LogP contribution in [0.4, 0.5) is 5.69 Å². The largest absolute Gasteiger partial charge is 0.489 e. The van der Waals surface area contributed by atoms with Crippen molar-refractivity contribution < 1.29 is 9.66 Å². The molecule has 2 aromatic carbocycles. The van der Waals surface area contributed by atoms with Crippen LogP contribution in [-0.4, -0.2) is 4.92 Å². The lowest BCUT2D eigenvalue weighted by molar-refractivity contribution is -0.385. The van der Waals surface area contributed by atoms with E-state index in [1.165, 1.54) is 6.07 Å². The fraction of sp³-hybridized carbons (Fsp3) is 0.143. The van der Waals surface area contributed by atoms with E-state index in [-0.39, 0.29) is 12.3 Å². The normalized spacial score (nSPS) is 10.3. The zero-order chi connectivity index (χ0) is 14.7. The summed E-state index contributed by atoms with van der Waals surface area (Å²) in [6.45, 7) is 1.99. The number of hydrogen-bond donors (Lipinski definition) is 0. The molecule has 0 atom stereocenters. The summed E-state index contributed by atoms with van der Waals surface area (Å²) in [5.74, 6) is 0.639. The molecule has 0 aliphatic rings.